The van der Waals surface area contributed by atoms with E-state index in [1.165, 1.54) is 11.3 Å². The van der Waals surface area contributed by atoms with Crippen molar-refractivity contribution in [2.45, 2.75) is 19.1 Å². The zero-order chi connectivity index (χ0) is 13.7. The van der Waals surface area contributed by atoms with Gasteiger partial charge in [0.25, 0.3) is 5.91 Å². The van der Waals surface area contributed by atoms with E-state index in [0.29, 0.717) is 13.2 Å². The van der Waals surface area contributed by atoms with Gasteiger partial charge in [-0.05, 0) is 28.9 Å². The molecule has 19 heavy (non-hydrogen) atoms. The lowest BCUT2D eigenvalue weighted by molar-refractivity contribution is -0.138. The van der Waals surface area contributed by atoms with Gasteiger partial charge in [0.15, 0.2) is 0 Å². The topological polar surface area (TPSA) is 61.8 Å². The molecule has 106 valence electrons. The van der Waals surface area contributed by atoms with E-state index in [1.807, 2.05) is 16.8 Å². The van der Waals surface area contributed by atoms with Crippen LogP contribution in [0.1, 0.15) is 18.6 Å². The lowest BCUT2D eigenvalue weighted by atomic mass is 10.2. The number of ether oxygens (including phenoxy) is 1. The molecule has 2 N–H and O–H groups in total. The number of morpholine rings is 1. The summed E-state index contributed by atoms with van der Waals surface area (Å²) in [4.78, 5) is 14.1. The first-order chi connectivity index (χ1) is 9.20. The van der Waals surface area contributed by atoms with E-state index < -0.39 is 12.2 Å². The first kappa shape index (κ1) is 14.5. The van der Waals surface area contributed by atoms with Crippen LogP contribution in [0.5, 0.6) is 0 Å². The van der Waals surface area contributed by atoms with E-state index in [1.54, 1.807) is 0 Å². The number of nitrogens with zero attached hydrogens (tertiary/aromatic N) is 1. The van der Waals surface area contributed by atoms with Crippen molar-refractivity contribution < 1.29 is 14.6 Å². The molecule has 0 saturated carbocycles. The third-order valence-electron chi connectivity index (χ3n) is 3.29. The molecule has 2 unspecified atom stereocenters. The summed E-state index contributed by atoms with van der Waals surface area (Å²) < 4.78 is 5.46. The highest BCUT2D eigenvalue weighted by atomic mass is 32.1. The fourth-order valence-corrected chi connectivity index (χ4v) is 2.75. The van der Waals surface area contributed by atoms with E-state index in [0.717, 1.165) is 18.7 Å². The van der Waals surface area contributed by atoms with Gasteiger partial charge in [0.1, 0.15) is 6.10 Å². The molecule has 2 atom stereocenters. The van der Waals surface area contributed by atoms with Crippen molar-refractivity contribution in [3.63, 3.8) is 0 Å². The van der Waals surface area contributed by atoms with Crippen LogP contribution in [0.3, 0.4) is 0 Å². The molecule has 5 nitrogen and oxygen atoms in total. The van der Waals surface area contributed by atoms with Crippen LogP contribution in [0.25, 0.3) is 0 Å². The number of aliphatic hydroxyl groups is 1. The maximum atomic E-state index is 12.0. The lowest BCUT2D eigenvalue weighted by Crippen LogP contribution is -2.50. The van der Waals surface area contributed by atoms with Gasteiger partial charge in [-0.1, -0.05) is 6.92 Å². The molecule has 0 radical (unpaired) electrons. The second-order valence-electron chi connectivity index (χ2n) is 4.57. The van der Waals surface area contributed by atoms with Crippen molar-refractivity contribution in [3.8, 4) is 0 Å². The Kier molecular flexibility index (Phi) is 5.33. The fourth-order valence-electron chi connectivity index (χ4n) is 2.04. The molecule has 0 bridgehead atoms. The van der Waals surface area contributed by atoms with Crippen LogP contribution >= 0.6 is 11.3 Å². The molecule has 1 aromatic rings. The van der Waals surface area contributed by atoms with Gasteiger partial charge in [0.05, 0.1) is 12.7 Å². The third kappa shape index (κ3) is 4.01. The minimum atomic E-state index is -0.652. The summed E-state index contributed by atoms with van der Waals surface area (Å²) in [5.41, 5.74) is 0.838. The van der Waals surface area contributed by atoms with Crippen LogP contribution in [0, 0.1) is 0 Å². The van der Waals surface area contributed by atoms with Gasteiger partial charge in [-0.2, -0.15) is 11.3 Å². The molecule has 1 fully saturated rings. The molecule has 1 aliphatic rings. The zero-order valence-corrected chi connectivity index (χ0v) is 11.9. The summed E-state index contributed by atoms with van der Waals surface area (Å²) in [6, 6.07) is 1.86. The van der Waals surface area contributed by atoms with Gasteiger partial charge in [0, 0.05) is 19.6 Å². The van der Waals surface area contributed by atoms with Gasteiger partial charge in [-0.15, -0.1) is 0 Å². The zero-order valence-electron chi connectivity index (χ0n) is 11.0. The van der Waals surface area contributed by atoms with Gasteiger partial charge in [0.2, 0.25) is 0 Å². The molecule has 6 heteroatoms. The maximum absolute atomic E-state index is 12.0. The second kappa shape index (κ2) is 7.00. The molecule has 0 aromatic carbocycles. The number of hydrogen-bond acceptors (Lipinski definition) is 5. The van der Waals surface area contributed by atoms with Crippen molar-refractivity contribution in [1.82, 2.24) is 10.2 Å². The number of likely N-dealkylation sites (N-methyl/N-ethyl adjacent to an activating group) is 1. The van der Waals surface area contributed by atoms with Crippen molar-refractivity contribution in [2.24, 2.45) is 0 Å². The smallest absolute Gasteiger partial charge is 0.250 e. The van der Waals surface area contributed by atoms with Crippen LogP contribution in [0.15, 0.2) is 16.8 Å². The summed E-state index contributed by atoms with van der Waals surface area (Å²) in [7, 11) is 0. The second-order valence-corrected chi connectivity index (χ2v) is 5.35. The Hall–Kier alpha value is -0.950. The predicted octanol–water partition coefficient (Wildman–Crippen LogP) is 0.618. The average Bonchev–Trinajstić information content (AvgIpc) is 2.98. The predicted molar refractivity (Wildman–Crippen MR) is 74.1 cm³/mol. The van der Waals surface area contributed by atoms with E-state index >= 15 is 0 Å². The summed E-state index contributed by atoms with van der Waals surface area (Å²) in [6.45, 7) is 5.29. The van der Waals surface area contributed by atoms with Gasteiger partial charge in [-0.3, -0.25) is 9.69 Å². The highest BCUT2D eigenvalue weighted by molar-refractivity contribution is 7.07. The molecule has 2 heterocycles. The Labute approximate surface area is 117 Å². The quantitative estimate of drug-likeness (QED) is 0.832. The Morgan fingerprint density at radius 3 is 3.26 bits per heavy atom. The summed E-state index contributed by atoms with van der Waals surface area (Å²) in [5, 5.41) is 16.4. The number of carbonyl (C=O) groups excluding carboxylic acids is 1. The van der Waals surface area contributed by atoms with E-state index in [9.17, 15) is 9.90 Å². The monoisotopic (exact) mass is 284 g/mol. The van der Waals surface area contributed by atoms with Crippen LogP contribution in [0.2, 0.25) is 0 Å². The number of thiophene rings is 1. The number of aliphatic hydroxyl groups excluding tert-OH is 1. The fraction of sp³-hybridized carbons (Fsp3) is 0.615. The third-order valence-corrected chi connectivity index (χ3v) is 3.99. The highest BCUT2D eigenvalue weighted by Crippen LogP contribution is 2.15. The minimum Gasteiger partial charge on any atom is -0.387 e. The van der Waals surface area contributed by atoms with Gasteiger partial charge >= 0.3 is 0 Å². The number of hydrogen-bond donors (Lipinski definition) is 2. The average molecular weight is 284 g/mol. The SMILES string of the molecule is CCN1CCOC(C(=O)NCC(O)c2ccsc2)C1. The Morgan fingerprint density at radius 1 is 1.74 bits per heavy atom. The first-order valence-corrected chi connectivity index (χ1v) is 7.46. The normalized spacial score (nSPS) is 22.1. The van der Waals surface area contributed by atoms with Crippen molar-refractivity contribution in [3.05, 3.63) is 22.4 Å². The Balaban J connectivity index is 1.77. The lowest BCUT2D eigenvalue weighted by Gasteiger charge is -2.31. The van der Waals surface area contributed by atoms with E-state index in [4.69, 9.17) is 4.74 Å². The van der Waals surface area contributed by atoms with Crippen LogP contribution in [-0.4, -0.2) is 54.8 Å². The standard InChI is InChI=1S/C13H20N2O3S/c1-2-15-4-5-18-12(8-15)13(17)14-7-11(16)10-3-6-19-9-10/h3,6,9,11-12,16H,2,4-5,7-8H2,1H3,(H,14,17). The van der Waals surface area contributed by atoms with Crippen LogP contribution in [-0.2, 0) is 9.53 Å². The summed E-state index contributed by atoms with van der Waals surface area (Å²) in [5.74, 6) is -0.146. The molecular formula is C13H20N2O3S. The molecule has 1 amide bonds. The number of carbonyl (C=O) groups is 1. The molecule has 1 aliphatic heterocycles. The van der Waals surface area contributed by atoms with Crippen LogP contribution in [0.4, 0.5) is 0 Å². The molecule has 0 spiro atoms. The molecule has 1 saturated heterocycles. The highest BCUT2D eigenvalue weighted by Gasteiger charge is 2.26. The summed E-state index contributed by atoms with van der Waals surface area (Å²) >= 11 is 1.53. The van der Waals surface area contributed by atoms with Crippen molar-refractivity contribution in [2.75, 3.05) is 32.8 Å². The van der Waals surface area contributed by atoms with E-state index in [2.05, 4.69) is 17.1 Å². The largest absolute Gasteiger partial charge is 0.387 e. The number of nitrogens with one attached hydrogen (secondary N) is 1. The summed E-state index contributed by atoms with van der Waals surface area (Å²) in [6.07, 6.45) is -1.08. The van der Waals surface area contributed by atoms with Crippen LogP contribution < -0.4 is 5.32 Å². The Bertz CT molecular complexity index is 397. The maximum Gasteiger partial charge on any atom is 0.250 e. The van der Waals surface area contributed by atoms with Crippen molar-refractivity contribution in [1.29, 1.82) is 0 Å². The molecule has 1 aromatic heterocycles. The molecular weight excluding hydrogens is 264 g/mol. The Morgan fingerprint density at radius 2 is 2.58 bits per heavy atom. The van der Waals surface area contributed by atoms with E-state index in [-0.39, 0.29) is 12.5 Å². The molecule has 0 aliphatic carbocycles. The minimum absolute atomic E-state index is 0.146. The molecule has 2 rings (SSSR count). The number of amides is 1. The van der Waals surface area contributed by atoms with Crippen molar-refractivity contribution >= 4 is 17.2 Å². The van der Waals surface area contributed by atoms with Gasteiger partial charge < -0.3 is 15.2 Å². The number of rotatable bonds is 5. The first-order valence-electron chi connectivity index (χ1n) is 6.52. The van der Waals surface area contributed by atoms with Gasteiger partial charge in [-0.25, -0.2) is 0 Å².